The third-order valence-electron chi connectivity index (χ3n) is 4.56. The Morgan fingerprint density at radius 3 is 2.62 bits per heavy atom. The standard InChI is InChI=1S/C18H25N5O4S2/c1-13-19-18(22-21-13)28-12-17(24)20-15-11-14(7-8-16(15)27-2)29(25,26)23-9-5-3-4-6-10-23/h7-8,11H,3-6,9-10,12H2,1-2H3,(H,20,24)(H,19,21,22). The lowest BCUT2D eigenvalue weighted by atomic mass is 10.2. The van der Waals surface area contributed by atoms with Crippen LogP contribution in [-0.2, 0) is 14.8 Å². The van der Waals surface area contributed by atoms with Gasteiger partial charge < -0.3 is 10.1 Å². The fraction of sp³-hybridized carbons (Fsp3) is 0.500. The fourth-order valence-electron chi connectivity index (χ4n) is 3.08. The summed E-state index contributed by atoms with van der Waals surface area (Å²) >= 11 is 1.18. The summed E-state index contributed by atoms with van der Waals surface area (Å²) in [7, 11) is -2.15. The van der Waals surface area contributed by atoms with Crippen LogP contribution in [0.2, 0.25) is 0 Å². The number of thioether (sulfide) groups is 1. The van der Waals surface area contributed by atoms with Gasteiger partial charge in [-0.3, -0.25) is 9.89 Å². The topological polar surface area (TPSA) is 117 Å². The van der Waals surface area contributed by atoms with Gasteiger partial charge in [0.15, 0.2) is 0 Å². The molecule has 0 spiro atoms. The molecule has 1 aliphatic rings. The summed E-state index contributed by atoms with van der Waals surface area (Å²) in [6.45, 7) is 2.81. The van der Waals surface area contributed by atoms with E-state index in [9.17, 15) is 13.2 Å². The van der Waals surface area contributed by atoms with Gasteiger partial charge in [0.2, 0.25) is 21.1 Å². The number of hydrogen-bond acceptors (Lipinski definition) is 7. The maximum atomic E-state index is 13.0. The van der Waals surface area contributed by atoms with E-state index in [1.807, 2.05) is 0 Å². The van der Waals surface area contributed by atoms with E-state index in [1.165, 1.54) is 35.3 Å². The van der Waals surface area contributed by atoms with Crippen LogP contribution in [0.15, 0.2) is 28.3 Å². The lowest BCUT2D eigenvalue weighted by molar-refractivity contribution is -0.113. The molecule has 1 amide bonds. The Hall–Kier alpha value is -2.11. The molecule has 29 heavy (non-hydrogen) atoms. The molecule has 3 rings (SSSR count). The molecule has 1 aliphatic heterocycles. The molecule has 2 heterocycles. The van der Waals surface area contributed by atoms with Gasteiger partial charge in [-0.25, -0.2) is 13.4 Å². The van der Waals surface area contributed by atoms with Crippen LogP contribution in [0, 0.1) is 6.92 Å². The van der Waals surface area contributed by atoms with Crippen LogP contribution in [0.3, 0.4) is 0 Å². The van der Waals surface area contributed by atoms with E-state index in [0.29, 0.717) is 35.5 Å². The molecule has 1 aromatic heterocycles. The largest absolute Gasteiger partial charge is 0.495 e. The summed E-state index contributed by atoms with van der Waals surface area (Å²) in [4.78, 5) is 16.6. The van der Waals surface area contributed by atoms with E-state index in [2.05, 4.69) is 20.5 Å². The van der Waals surface area contributed by atoms with E-state index in [4.69, 9.17) is 4.74 Å². The van der Waals surface area contributed by atoms with Crippen LogP contribution >= 0.6 is 11.8 Å². The quantitative estimate of drug-likeness (QED) is 0.636. The number of nitrogens with one attached hydrogen (secondary N) is 2. The minimum atomic E-state index is -3.62. The molecule has 11 heteroatoms. The normalized spacial score (nSPS) is 15.7. The van der Waals surface area contributed by atoms with Gasteiger partial charge in [-0.05, 0) is 38.0 Å². The van der Waals surface area contributed by atoms with Crippen molar-refractivity contribution in [3.8, 4) is 5.75 Å². The number of ether oxygens (including phenoxy) is 1. The van der Waals surface area contributed by atoms with Crippen molar-refractivity contribution in [1.29, 1.82) is 0 Å². The first-order chi connectivity index (χ1) is 13.9. The number of sulfonamides is 1. The van der Waals surface area contributed by atoms with Crippen molar-refractivity contribution in [3.05, 3.63) is 24.0 Å². The Morgan fingerprint density at radius 1 is 1.28 bits per heavy atom. The molecule has 1 saturated heterocycles. The van der Waals surface area contributed by atoms with Crippen molar-refractivity contribution < 1.29 is 17.9 Å². The zero-order valence-corrected chi connectivity index (χ0v) is 18.1. The van der Waals surface area contributed by atoms with Gasteiger partial charge in [0.1, 0.15) is 11.6 Å². The zero-order valence-electron chi connectivity index (χ0n) is 16.5. The molecule has 2 N–H and O–H groups in total. The average molecular weight is 440 g/mol. The predicted molar refractivity (Wildman–Crippen MR) is 111 cm³/mol. The van der Waals surface area contributed by atoms with Crippen LogP contribution in [0.25, 0.3) is 0 Å². The molecule has 0 unspecified atom stereocenters. The van der Waals surface area contributed by atoms with Gasteiger partial charge in [0.25, 0.3) is 0 Å². The number of anilines is 1. The fourth-order valence-corrected chi connectivity index (χ4v) is 5.27. The molecule has 158 valence electrons. The summed E-state index contributed by atoms with van der Waals surface area (Å²) in [5.74, 6) is 0.844. The molecule has 0 aliphatic carbocycles. The van der Waals surface area contributed by atoms with E-state index in [1.54, 1.807) is 13.0 Å². The van der Waals surface area contributed by atoms with Gasteiger partial charge in [-0.15, -0.1) is 5.10 Å². The van der Waals surface area contributed by atoms with Crippen molar-refractivity contribution in [1.82, 2.24) is 19.5 Å². The van der Waals surface area contributed by atoms with E-state index in [-0.39, 0.29) is 16.6 Å². The predicted octanol–water partition coefficient (Wildman–Crippen LogP) is 2.42. The second kappa shape index (κ2) is 9.59. The van der Waals surface area contributed by atoms with Gasteiger partial charge >= 0.3 is 0 Å². The minimum Gasteiger partial charge on any atom is -0.495 e. The van der Waals surface area contributed by atoms with Gasteiger partial charge in [0.05, 0.1) is 23.4 Å². The average Bonchev–Trinajstić information content (AvgIpc) is 2.94. The Bertz CT molecular complexity index is 953. The number of carbonyl (C=O) groups is 1. The van der Waals surface area contributed by atoms with Gasteiger partial charge in [-0.2, -0.15) is 4.31 Å². The number of carbonyl (C=O) groups excluding carboxylic acids is 1. The highest BCUT2D eigenvalue weighted by Crippen LogP contribution is 2.30. The summed E-state index contributed by atoms with van der Waals surface area (Å²) in [5, 5.41) is 9.89. The minimum absolute atomic E-state index is 0.0869. The first kappa shape index (κ1) is 21.6. The smallest absolute Gasteiger partial charge is 0.243 e. The van der Waals surface area contributed by atoms with Crippen molar-refractivity contribution in [2.75, 3.05) is 31.3 Å². The second-order valence-electron chi connectivity index (χ2n) is 6.72. The molecule has 1 fully saturated rings. The highest BCUT2D eigenvalue weighted by molar-refractivity contribution is 7.99. The number of aromatic nitrogens is 3. The van der Waals surface area contributed by atoms with Crippen molar-refractivity contribution in [2.24, 2.45) is 0 Å². The van der Waals surface area contributed by atoms with Crippen LogP contribution in [0.4, 0.5) is 5.69 Å². The number of hydrogen-bond donors (Lipinski definition) is 2. The third kappa shape index (κ3) is 5.49. The number of rotatable bonds is 7. The maximum Gasteiger partial charge on any atom is 0.243 e. The molecular weight excluding hydrogens is 414 g/mol. The van der Waals surface area contributed by atoms with Crippen LogP contribution in [0.5, 0.6) is 5.75 Å². The summed E-state index contributed by atoms with van der Waals surface area (Å²) in [6, 6.07) is 4.53. The van der Waals surface area contributed by atoms with Gasteiger partial charge in [-0.1, -0.05) is 24.6 Å². The molecule has 0 atom stereocenters. The van der Waals surface area contributed by atoms with Crippen LogP contribution in [0.1, 0.15) is 31.5 Å². The summed E-state index contributed by atoms with van der Waals surface area (Å²) < 4.78 is 32.9. The molecule has 0 bridgehead atoms. The molecule has 0 saturated carbocycles. The number of amides is 1. The Balaban J connectivity index is 1.74. The Morgan fingerprint density at radius 2 is 2.00 bits per heavy atom. The molecule has 2 aromatic rings. The number of benzene rings is 1. The lowest BCUT2D eigenvalue weighted by Crippen LogP contribution is -2.32. The van der Waals surface area contributed by atoms with Crippen molar-refractivity contribution >= 4 is 33.4 Å². The van der Waals surface area contributed by atoms with Crippen LogP contribution in [-0.4, -0.2) is 59.8 Å². The van der Waals surface area contributed by atoms with E-state index in [0.717, 1.165) is 25.7 Å². The number of H-pyrrole nitrogens is 1. The Labute approximate surface area is 174 Å². The number of aromatic amines is 1. The highest BCUT2D eigenvalue weighted by Gasteiger charge is 2.26. The zero-order chi connectivity index (χ0) is 20.9. The van der Waals surface area contributed by atoms with E-state index >= 15 is 0 Å². The second-order valence-corrected chi connectivity index (χ2v) is 9.60. The van der Waals surface area contributed by atoms with Crippen molar-refractivity contribution in [3.63, 3.8) is 0 Å². The summed E-state index contributed by atoms with van der Waals surface area (Å²) in [6.07, 6.45) is 3.80. The summed E-state index contributed by atoms with van der Waals surface area (Å²) in [5.41, 5.74) is 0.320. The number of methoxy groups -OCH3 is 1. The Kier molecular flexibility index (Phi) is 7.14. The van der Waals surface area contributed by atoms with Gasteiger partial charge in [0, 0.05) is 13.1 Å². The molecule has 9 nitrogen and oxygen atoms in total. The maximum absolute atomic E-state index is 13.0. The SMILES string of the molecule is COc1ccc(S(=O)(=O)N2CCCCCC2)cc1NC(=O)CSc1n[nH]c(C)n1. The number of aryl methyl sites for hydroxylation is 1. The third-order valence-corrected chi connectivity index (χ3v) is 7.30. The molecular formula is C18H25N5O4S2. The molecule has 0 radical (unpaired) electrons. The first-order valence-electron chi connectivity index (χ1n) is 9.40. The molecule has 1 aromatic carbocycles. The van der Waals surface area contributed by atoms with Crippen molar-refractivity contribution in [2.45, 2.75) is 42.7 Å². The van der Waals surface area contributed by atoms with Crippen LogP contribution < -0.4 is 10.1 Å². The first-order valence-corrected chi connectivity index (χ1v) is 11.8. The van der Waals surface area contributed by atoms with E-state index < -0.39 is 10.0 Å². The monoisotopic (exact) mass is 439 g/mol. The lowest BCUT2D eigenvalue weighted by Gasteiger charge is -2.21. The number of nitrogens with zero attached hydrogens (tertiary/aromatic N) is 3. The highest BCUT2D eigenvalue weighted by atomic mass is 32.2.